The molecule has 2 N–H and O–H groups in total. The molecule has 2 rings (SSSR count). The summed E-state index contributed by atoms with van der Waals surface area (Å²) < 4.78 is 0. The molecular weight excluding hydrogens is 234 g/mol. The van der Waals surface area contributed by atoms with Gasteiger partial charge in [0.1, 0.15) is 5.01 Å². The zero-order valence-corrected chi connectivity index (χ0v) is 9.43. The van der Waals surface area contributed by atoms with Gasteiger partial charge in [0.2, 0.25) is 5.06 Å². The van der Waals surface area contributed by atoms with E-state index in [2.05, 4.69) is 4.98 Å². The molecule has 0 fully saturated rings. The van der Waals surface area contributed by atoms with Crippen LogP contribution in [-0.4, -0.2) is 15.2 Å². The van der Waals surface area contributed by atoms with Crippen molar-refractivity contribution in [1.29, 1.82) is 0 Å². The Morgan fingerprint density at radius 1 is 1.33 bits per heavy atom. The van der Waals surface area contributed by atoms with Crippen LogP contribution < -0.4 is 0 Å². The van der Waals surface area contributed by atoms with E-state index in [4.69, 9.17) is 16.7 Å². The number of thiazole rings is 1. The highest BCUT2D eigenvalue weighted by molar-refractivity contribution is 7.17. The van der Waals surface area contributed by atoms with E-state index in [-0.39, 0.29) is 10.9 Å². The van der Waals surface area contributed by atoms with Crippen molar-refractivity contribution in [2.45, 2.75) is 6.92 Å². The van der Waals surface area contributed by atoms with Gasteiger partial charge in [-0.15, -0.1) is 0 Å². The maximum absolute atomic E-state index is 9.20. The highest BCUT2D eigenvalue weighted by Gasteiger charge is 2.10. The topological polar surface area (TPSA) is 53.4 Å². The Labute approximate surface area is 95.6 Å². The van der Waals surface area contributed by atoms with Crippen LogP contribution in [0.2, 0.25) is 5.02 Å². The van der Waals surface area contributed by atoms with Crippen molar-refractivity contribution in [2.75, 3.05) is 0 Å². The minimum Gasteiger partial charge on any atom is -0.496 e. The monoisotopic (exact) mass is 241 g/mol. The lowest BCUT2D eigenvalue weighted by Crippen LogP contribution is -1.79. The van der Waals surface area contributed by atoms with Gasteiger partial charge in [-0.05, 0) is 18.6 Å². The fourth-order valence-corrected chi connectivity index (χ4v) is 2.03. The Balaban J connectivity index is 2.49. The summed E-state index contributed by atoms with van der Waals surface area (Å²) >= 11 is 6.98. The van der Waals surface area contributed by atoms with Gasteiger partial charge in [-0.25, -0.2) is 0 Å². The van der Waals surface area contributed by atoms with Gasteiger partial charge in [-0.1, -0.05) is 35.1 Å². The molecule has 1 aromatic heterocycles. The number of aromatic nitrogens is 1. The summed E-state index contributed by atoms with van der Waals surface area (Å²) in [7, 11) is 0. The minimum absolute atomic E-state index is 0.179. The fourth-order valence-electron chi connectivity index (χ4n) is 1.15. The molecule has 78 valence electrons. The zero-order chi connectivity index (χ0) is 11.0. The second-order valence-electron chi connectivity index (χ2n) is 3.11. The highest BCUT2D eigenvalue weighted by Crippen LogP contribution is 2.37. The number of aromatic hydroxyl groups is 2. The van der Waals surface area contributed by atoms with Gasteiger partial charge < -0.3 is 10.2 Å². The smallest absolute Gasteiger partial charge is 0.267 e. The normalized spacial score (nSPS) is 10.5. The van der Waals surface area contributed by atoms with Crippen LogP contribution in [0.25, 0.3) is 10.6 Å². The Morgan fingerprint density at radius 2 is 2.07 bits per heavy atom. The van der Waals surface area contributed by atoms with Gasteiger partial charge in [0.05, 0.1) is 0 Å². The Morgan fingerprint density at radius 3 is 2.60 bits per heavy atom. The molecule has 0 radical (unpaired) electrons. The highest BCUT2D eigenvalue weighted by atomic mass is 35.5. The average molecular weight is 242 g/mol. The molecule has 15 heavy (non-hydrogen) atoms. The predicted octanol–water partition coefficient (Wildman–Crippen LogP) is 3.18. The zero-order valence-electron chi connectivity index (χ0n) is 7.86. The van der Waals surface area contributed by atoms with Crippen molar-refractivity contribution in [3.05, 3.63) is 28.8 Å². The summed E-state index contributed by atoms with van der Waals surface area (Å²) in [6.07, 6.45) is 0. The molecule has 0 aliphatic rings. The van der Waals surface area contributed by atoms with Gasteiger partial charge in [0, 0.05) is 10.6 Å². The van der Waals surface area contributed by atoms with Crippen molar-refractivity contribution in [1.82, 2.24) is 4.98 Å². The van der Waals surface area contributed by atoms with Crippen LogP contribution in [0, 0.1) is 6.92 Å². The summed E-state index contributed by atoms with van der Waals surface area (Å²) in [5, 5.41) is 19.3. The first kappa shape index (κ1) is 10.3. The van der Waals surface area contributed by atoms with Crippen molar-refractivity contribution >= 4 is 22.9 Å². The van der Waals surface area contributed by atoms with Crippen LogP contribution in [0.4, 0.5) is 0 Å². The van der Waals surface area contributed by atoms with E-state index in [1.165, 1.54) is 0 Å². The molecule has 0 spiro atoms. The van der Waals surface area contributed by atoms with E-state index in [1.807, 2.05) is 19.1 Å². The fraction of sp³-hybridized carbons (Fsp3) is 0.100. The Bertz CT molecular complexity index is 491. The molecule has 1 heterocycles. The van der Waals surface area contributed by atoms with E-state index in [0.29, 0.717) is 10.0 Å². The lowest BCUT2D eigenvalue weighted by atomic mass is 10.1. The van der Waals surface area contributed by atoms with Crippen molar-refractivity contribution in [2.24, 2.45) is 0 Å². The third kappa shape index (κ3) is 1.91. The van der Waals surface area contributed by atoms with E-state index < -0.39 is 0 Å². The number of rotatable bonds is 1. The number of nitrogens with zero attached hydrogens (tertiary/aromatic N) is 1. The second kappa shape index (κ2) is 3.72. The standard InChI is InChI=1S/C10H8ClNO2S/c1-5-2-3-6(4-7(5)11)9-12-8(13)10(14)15-9/h2-4,13-14H,1H3. The maximum Gasteiger partial charge on any atom is 0.267 e. The molecule has 3 nitrogen and oxygen atoms in total. The lowest BCUT2D eigenvalue weighted by molar-refractivity contribution is 0.402. The van der Waals surface area contributed by atoms with Crippen molar-refractivity contribution in [3.63, 3.8) is 0 Å². The van der Waals surface area contributed by atoms with Gasteiger partial charge in [0.15, 0.2) is 0 Å². The van der Waals surface area contributed by atoms with Gasteiger partial charge >= 0.3 is 0 Å². The number of hydrogen-bond donors (Lipinski definition) is 2. The molecule has 0 bridgehead atoms. The molecule has 0 atom stereocenters. The van der Waals surface area contributed by atoms with Crippen molar-refractivity contribution in [3.8, 4) is 21.5 Å². The van der Waals surface area contributed by atoms with Crippen LogP contribution in [0.3, 0.4) is 0 Å². The largest absolute Gasteiger partial charge is 0.496 e. The first-order valence-corrected chi connectivity index (χ1v) is 5.42. The number of halogens is 1. The molecule has 0 saturated heterocycles. The molecule has 0 amide bonds. The van der Waals surface area contributed by atoms with E-state index in [1.54, 1.807) is 6.07 Å². The van der Waals surface area contributed by atoms with Gasteiger partial charge in [-0.3, -0.25) is 0 Å². The Hall–Kier alpha value is -1.26. The maximum atomic E-state index is 9.20. The predicted molar refractivity (Wildman–Crippen MR) is 60.6 cm³/mol. The molecule has 0 aliphatic carbocycles. The summed E-state index contributed by atoms with van der Waals surface area (Å²) in [6.45, 7) is 1.91. The van der Waals surface area contributed by atoms with E-state index in [9.17, 15) is 5.11 Å². The molecule has 0 saturated carbocycles. The van der Waals surface area contributed by atoms with Gasteiger partial charge in [-0.2, -0.15) is 4.98 Å². The molecule has 0 aliphatic heterocycles. The summed E-state index contributed by atoms with van der Waals surface area (Å²) in [5.41, 5.74) is 1.76. The first-order chi connectivity index (χ1) is 7.08. The van der Waals surface area contributed by atoms with Crippen LogP contribution in [-0.2, 0) is 0 Å². The van der Waals surface area contributed by atoms with Crippen LogP contribution in [0.15, 0.2) is 18.2 Å². The summed E-state index contributed by atoms with van der Waals surface area (Å²) in [6, 6.07) is 5.47. The van der Waals surface area contributed by atoms with Gasteiger partial charge in [0.25, 0.3) is 5.88 Å². The van der Waals surface area contributed by atoms with Crippen LogP contribution in [0.5, 0.6) is 10.9 Å². The second-order valence-corrected chi connectivity index (χ2v) is 4.50. The van der Waals surface area contributed by atoms with Crippen LogP contribution in [0.1, 0.15) is 5.56 Å². The molecular formula is C10H8ClNO2S. The number of hydrogen-bond acceptors (Lipinski definition) is 4. The van der Waals surface area contributed by atoms with E-state index in [0.717, 1.165) is 22.5 Å². The SMILES string of the molecule is Cc1ccc(-c2nc(O)c(O)s2)cc1Cl. The third-order valence-corrected chi connectivity index (χ3v) is 3.31. The number of benzene rings is 1. The number of aryl methyl sites for hydroxylation is 1. The summed E-state index contributed by atoms with van der Waals surface area (Å²) in [4.78, 5) is 3.82. The molecule has 2 aromatic rings. The lowest BCUT2D eigenvalue weighted by Gasteiger charge is -1.99. The average Bonchev–Trinajstić information content (AvgIpc) is 2.52. The first-order valence-electron chi connectivity index (χ1n) is 4.23. The molecule has 1 aromatic carbocycles. The minimum atomic E-state index is -0.341. The van der Waals surface area contributed by atoms with Crippen LogP contribution >= 0.6 is 22.9 Å². The molecule has 0 unspecified atom stereocenters. The van der Waals surface area contributed by atoms with E-state index >= 15 is 0 Å². The molecule has 5 heteroatoms. The quantitative estimate of drug-likeness (QED) is 0.806. The summed E-state index contributed by atoms with van der Waals surface area (Å²) in [5.74, 6) is -0.341. The Kier molecular flexibility index (Phi) is 2.54. The van der Waals surface area contributed by atoms with Crippen molar-refractivity contribution < 1.29 is 10.2 Å². The third-order valence-electron chi connectivity index (χ3n) is 2.01.